The molecule has 0 aliphatic heterocycles. The molecule has 1 N–H and O–H groups in total. The monoisotopic (exact) mass is 306 g/mol. The second-order valence-electron chi connectivity index (χ2n) is 7.92. The van der Waals surface area contributed by atoms with E-state index >= 15 is 0 Å². The fourth-order valence-corrected chi connectivity index (χ4v) is 4.99. The van der Waals surface area contributed by atoms with Crippen LogP contribution in [-0.2, 0) is 5.41 Å². The van der Waals surface area contributed by atoms with E-state index in [1.165, 1.54) is 28.7 Å². The fourth-order valence-electron chi connectivity index (χ4n) is 4.99. The average Bonchev–Trinajstić information content (AvgIpc) is 2.67. The van der Waals surface area contributed by atoms with E-state index in [1.807, 2.05) is 6.92 Å². The molecule has 0 heterocycles. The molecule has 2 unspecified atom stereocenters. The van der Waals surface area contributed by atoms with Crippen molar-refractivity contribution < 1.29 is 5.11 Å². The first kappa shape index (κ1) is 15.0. The zero-order valence-corrected chi connectivity index (χ0v) is 14.2. The maximum absolute atomic E-state index is 10.5. The predicted molar refractivity (Wildman–Crippen MR) is 95.5 cm³/mol. The SMILES string of the molecule is CC1(O)CCCC(C2(C)c3ccccc3-c3ccccc32)CC1. The van der Waals surface area contributed by atoms with Crippen LogP contribution >= 0.6 is 0 Å². The van der Waals surface area contributed by atoms with Gasteiger partial charge in [0.15, 0.2) is 0 Å². The van der Waals surface area contributed by atoms with Crippen molar-refractivity contribution >= 4 is 0 Å². The van der Waals surface area contributed by atoms with Gasteiger partial charge in [0, 0.05) is 5.41 Å². The lowest BCUT2D eigenvalue weighted by Crippen LogP contribution is -2.32. The number of aliphatic hydroxyl groups is 1. The van der Waals surface area contributed by atoms with Crippen molar-refractivity contribution in [1.29, 1.82) is 0 Å². The summed E-state index contributed by atoms with van der Waals surface area (Å²) in [4.78, 5) is 0. The molecule has 0 saturated heterocycles. The Bertz CT molecular complexity index is 683. The van der Waals surface area contributed by atoms with Crippen molar-refractivity contribution in [2.75, 3.05) is 0 Å². The first-order valence-corrected chi connectivity index (χ1v) is 8.94. The Labute approximate surface area is 139 Å². The van der Waals surface area contributed by atoms with Crippen LogP contribution < -0.4 is 0 Å². The molecule has 23 heavy (non-hydrogen) atoms. The third kappa shape index (κ3) is 2.25. The first-order chi connectivity index (χ1) is 11.0. The molecule has 1 heteroatoms. The average molecular weight is 306 g/mol. The van der Waals surface area contributed by atoms with Gasteiger partial charge in [0.2, 0.25) is 0 Å². The number of hydrogen-bond donors (Lipinski definition) is 1. The van der Waals surface area contributed by atoms with E-state index in [0.29, 0.717) is 5.92 Å². The molecule has 0 spiro atoms. The largest absolute Gasteiger partial charge is 0.390 e. The van der Waals surface area contributed by atoms with Crippen molar-refractivity contribution in [2.24, 2.45) is 5.92 Å². The van der Waals surface area contributed by atoms with Gasteiger partial charge < -0.3 is 5.11 Å². The van der Waals surface area contributed by atoms with E-state index in [4.69, 9.17) is 0 Å². The van der Waals surface area contributed by atoms with E-state index in [1.54, 1.807) is 0 Å². The smallest absolute Gasteiger partial charge is 0.0619 e. The number of benzene rings is 2. The molecule has 0 bridgehead atoms. The lowest BCUT2D eigenvalue weighted by molar-refractivity contribution is 0.0425. The minimum atomic E-state index is -0.483. The maximum Gasteiger partial charge on any atom is 0.0619 e. The Hall–Kier alpha value is -1.60. The highest BCUT2D eigenvalue weighted by Crippen LogP contribution is 2.55. The van der Waals surface area contributed by atoms with E-state index in [-0.39, 0.29) is 5.41 Å². The van der Waals surface area contributed by atoms with Crippen molar-refractivity contribution in [3.05, 3.63) is 59.7 Å². The van der Waals surface area contributed by atoms with Gasteiger partial charge in [0.1, 0.15) is 0 Å². The molecule has 1 saturated carbocycles. The highest BCUT2D eigenvalue weighted by molar-refractivity contribution is 5.80. The standard InChI is InChI=1S/C22H26O/c1-21(23)14-7-8-16(13-15-21)22(2)19-11-5-3-9-17(19)18-10-4-6-12-20(18)22/h3-6,9-12,16,23H,7-8,13-15H2,1-2H3. The Morgan fingerprint density at radius 3 is 2.00 bits per heavy atom. The molecule has 0 aromatic heterocycles. The molecular weight excluding hydrogens is 280 g/mol. The van der Waals surface area contributed by atoms with Crippen LogP contribution in [0.3, 0.4) is 0 Å². The summed E-state index contributed by atoms with van der Waals surface area (Å²) in [6.45, 7) is 4.44. The summed E-state index contributed by atoms with van der Waals surface area (Å²) in [7, 11) is 0. The van der Waals surface area contributed by atoms with Gasteiger partial charge in [0.25, 0.3) is 0 Å². The fraction of sp³-hybridized carbons (Fsp3) is 0.455. The van der Waals surface area contributed by atoms with Crippen LogP contribution in [0.15, 0.2) is 48.5 Å². The zero-order valence-electron chi connectivity index (χ0n) is 14.2. The molecule has 2 aromatic carbocycles. The predicted octanol–water partition coefficient (Wildman–Crippen LogP) is 5.30. The van der Waals surface area contributed by atoms with Crippen LogP contribution in [0, 0.1) is 5.92 Å². The van der Waals surface area contributed by atoms with Crippen LogP contribution in [0.2, 0.25) is 0 Å². The van der Waals surface area contributed by atoms with E-state index in [9.17, 15) is 5.11 Å². The molecule has 120 valence electrons. The molecule has 2 aliphatic carbocycles. The summed E-state index contributed by atoms with van der Waals surface area (Å²) < 4.78 is 0. The van der Waals surface area contributed by atoms with Crippen LogP contribution in [0.4, 0.5) is 0 Å². The van der Waals surface area contributed by atoms with E-state index < -0.39 is 5.60 Å². The Morgan fingerprint density at radius 2 is 1.39 bits per heavy atom. The van der Waals surface area contributed by atoms with Crippen LogP contribution in [0.5, 0.6) is 0 Å². The normalized spacial score (nSPS) is 28.7. The van der Waals surface area contributed by atoms with Gasteiger partial charge in [-0.2, -0.15) is 0 Å². The van der Waals surface area contributed by atoms with Crippen molar-refractivity contribution in [3.63, 3.8) is 0 Å². The van der Waals surface area contributed by atoms with Gasteiger partial charge >= 0.3 is 0 Å². The first-order valence-electron chi connectivity index (χ1n) is 8.94. The molecule has 1 fully saturated rings. The summed E-state index contributed by atoms with van der Waals surface area (Å²) in [6, 6.07) is 17.8. The van der Waals surface area contributed by atoms with E-state index in [2.05, 4.69) is 55.5 Å². The minimum absolute atomic E-state index is 0.0770. The Kier molecular flexibility index (Phi) is 3.39. The Balaban J connectivity index is 1.83. The summed E-state index contributed by atoms with van der Waals surface area (Å²) in [5, 5.41) is 10.5. The van der Waals surface area contributed by atoms with Gasteiger partial charge in [-0.05, 0) is 60.8 Å². The quantitative estimate of drug-likeness (QED) is 0.708. The second-order valence-corrected chi connectivity index (χ2v) is 7.92. The second kappa shape index (κ2) is 5.21. The minimum Gasteiger partial charge on any atom is -0.390 e. The summed E-state index contributed by atoms with van der Waals surface area (Å²) >= 11 is 0. The van der Waals surface area contributed by atoms with Crippen LogP contribution in [0.25, 0.3) is 11.1 Å². The van der Waals surface area contributed by atoms with Crippen molar-refractivity contribution in [1.82, 2.24) is 0 Å². The van der Waals surface area contributed by atoms with Gasteiger partial charge in [-0.25, -0.2) is 0 Å². The van der Waals surface area contributed by atoms with Gasteiger partial charge in [-0.3, -0.25) is 0 Å². The number of fused-ring (bicyclic) bond motifs is 3. The lowest BCUT2D eigenvalue weighted by Gasteiger charge is -2.36. The summed E-state index contributed by atoms with van der Waals surface area (Å²) in [5.74, 6) is 0.598. The molecule has 4 rings (SSSR count). The number of hydrogen-bond acceptors (Lipinski definition) is 1. The topological polar surface area (TPSA) is 20.2 Å². The highest BCUT2D eigenvalue weighted by atomic mass is 16.3. The molecular formula is C22H26O. The molecule has 0 amide bonds. The Morgan fingerprint density at radius 1 is 0.826 bits per heavy atom. The van der Waals surface area contributed by atoms with Gasteiger partial charge in [0.05, 0.1) is 5.60 Å². The summed E-state index contributed by atoms with van der Waals surface area (Å²) in [6.07, 6.45) is 5.28. The van der Waals surface area contributed by atoms with Gasteiger partial charge in [-0.15, -0.1) is 0 Å². The highest BCUT2D eigenvalue weighted by Gasteiger charge is 2.45. The third-order valence-corrected chi connectivity index (χ3v) is 6.38. The lowest BCUT2D eigenvalue weighted by atomic mass is 9.67. The molecule has 1 nitrogen and oxygen atoms in total. The van der Waals surface area contributed by atoms with Crippen LogP contribution in [0.1, 0.15) is 57.1 Å². The van der Waals surface area contributed by atoms with Crippen molar-refractivity contribution in [3.8, 4) is 11.1 Å². The van der Waals surface area contributed by atoms with Gasteiger partial charge in [-0.1, -0.05) is 61.9 Å². The molecule has 2 atom stereocenters. The number of rotatable bonds is 1. The van der Waals surface area contributed by atoms with Crippen LogP contribution in [-0.4, -0.2) is 10.7 Å². The summed E-state index contributed by atoms with van der Waals surface area (Å²) in [5.41, 5.74) is 5.36. The van der Waals surface area contributed by atoms with E-state index in [0.717, 1.165) is 25.7 Å². The molecule has 0 radical (unpaired) electrons. The van der Waals surface area contributed by atoms with Crippen molar-refractivity contribution in [2.45, 2.75) is 57.0 Å². The maximum atomic E-state index is 10.5. The molecule has 2 aromatic rings. The molecule has 2 aliphatic rings. The third-order valence-electron chi connectivity index (χ3n) is 6.38. The zero-order chi connectivity index (χ0) is 16.1.